The van der Waals surface area contributed by atoms with Crippen LogP contribution in [0.25, 0.3) is 5.95 Å². The molecule has 0 fully saturated rings. The van der Waals surface area contributed by atoms with Gasteiger partial charge in [-0.15, -0.1) is 5.10 Å². The van der Waals surface area contributed by atoms with Crippen molar-refractivity contribution in [3.05, 3.63) is 58.1 Å². The van der Waals surface area contributed by atoms with Crippen LogP contribution < -0.4 is 4.74 Å². The van der Waals surface area contributed by atoms with Crippen LogP contribution in [0, 0.1) is 0 Å². The third kappa shape index (κ3) is 3.58. The van der Waals surface area contributed by atoms with Gasteiger partial charge in [0.1, 0.15) is 12.3 Å². The lowest BCUT2D eigenvalue weighted by molar-refractivity contribution is 0.276. The quantitative estimate of drug-likeness (QED) is 0.759. The number of ether oxygens (including phenoxy) is 1. The number of hydrogen-bond donors (Lipinski definition) is 1. The smallest absolute Gasteiger partial charge is 0.252 e. The molecule has 0 bridgehead atoms. The van der Waals surface area contributed by atoms with Crippen LogP contribution in [0.1, 0.15) is 11.3 Å². The minimum Gasteiger partial charge on any atom is -0.486 e. The van der Waals surface area contributed by atoms with Gasteiger partial charge >= 0.3 is 0 Å². The molecule has 1 N–H and O–H groups in total. The van der Waals surface area contributed by atoms with Gasteiger partial charge in [0.05, 0.1) is 25.2 Å². The van der Waals surface area contributed by atoms with E-state index in [2.05, 4.69) is 20.3 Å². The van der Waals surface area contributed by atoms with Gasteiger partial charge in [-0.05, 0) is 12.1 Å². The van der Waals surface area contributed by atoms with Crippen LogP contribution in [-0.4, -0.2) is 30.1 Å². The average molecular weight is 352 g/mol. The van der Waals surface area contributed by atoms with Crippen LogP contribution in [0.2, 0.25) is 10.0 Å². The number of hydrogen-bond acceptors (Lipinski definition) is 6. The van der Waals surface area contributed by atoms with Crippen molar-refractivity contribution in [1.29, 1.82) is 0 Å². The Morgan fingerprint density at radius 3 is 2.43 bits per heavy atom. The summed E-state index contributed by atoms with van der Waals surface area (Å²) in [6.45, 7) is 0.0129. The second-order valence-corrected chi connectivity index (χ2v) is 5.33. The molecule has 1 aromatic carbocycles. The van der Waals surface area contributed by atoms with E-state index in [1.165, 1.54) is 17.1 Å². The first-order valence-electron chi connectivity index (χ1n) is 6.57. The summed E-state index contributed by atoms with van der Waals surface area (Å²) in [5.74, 6) is 0.785. The van der Waals surface area contributed by atoms with E-state index in [0.717, 1.165) is 0 Å². The zero-order valence-electron chi connectivity index (χ0n) is 11.7. The Balaban J connectivity index is 1.70. The van der Waals surface area contributed by atoms with Gasteiger partial charge in [0, 0.05) is 15.6 Å². The van der Waals surface area contributed by atoms with Crippen molar-refractivity contribution in [2.45, 2.75) is 13.2 Å². The van der Waals surface area contributed by atoms with Gasteiger partial charge in [-0.3, -0.25) is 0 Å². The summed E-state index contributed by atoms with van der Waals surface area (Å²) in [5.41, 5.74) is 1.13. The lowest BCUT2D eigenvalue weighted by Crippen LogP contribution is -2.03. The van der Waals surface area contributed by atoms with E-state index < -0.39 is 0 Å². The minimum absolute atomic E-state index is 0.195. The van der Waals surface area contributed by atoms with E-state index in [0.29, 0.717) is 33.0 Å². The van der Waals surface area contributed by atoms with Crippen molar-refractivity contribution in [3.63, 3.8) is 0 Å². The van der Waals surface area contributed by atoms with Gasteiger partial charge in [-0.25, -0.2) is 9.97 Å². The van der Waals surface area contributed by atoms with Crippen LogP contribution in [0.15, 0.2) is 36.8 Å². The summed E-state index contributed by atoms with van der Waals surface area (Å²) >= 11 is 12.2. The molecule has 0 atom stereocenters. The highest BCUT2D eigenvalue weighted by Gasteiger charge is 2.08. The number of halogens is 2. The molecule has 0 amide bonds. The molecule has 9 heteroatoms. The standard InChI is InChI=1S/C14H11Cl2N5O2/c15-12-2-1-3-13(16)11(12)8-23-10-4-17-14(18-5-10)21-6-9(7-22)19-20-21/h1-6,22H,7-8H2. The zero-order chi connectivity index (χ0) is 16.2. The number of benzene rings is 1. The molecule has 0 spiro atoms. The van der Waals surface area contributed by atoms with Crippen molar-refractivity contribution in [2.24, 2.45) is 0 Å². The first-order chi connectivity index (χ1) is 11.2. The fourth-order valence-corrected chi connectivity index (χ4v) is 2.30. The Morgan fingerprint density at radius 2 is 1.83 bits per heavy atom. The van der Waals surface area contributed by atoms with Crippen molar-refractivity contribution >= 4 is 23.2 Å². The van der Waals surface area contributed by atoms with Crippen molar-refractivity contribution in [3.8, 4) is 11.7 Å². The van der Waals surface area contributed by atoms with E-state index in [1.54, 1.807) is 24.4 Å². The highest BCUT2D eigenvalue weighted by molar-refractivity contribution is 6.35. The fraction of sp³-hybridized carbons (Fsp3) is 0.143. The molecule has 3 aromatic rings. The maximum Gasteiger partial charge on any atom is 0.252 e. The summed E-state index contributed by atoms with van der Waals surface area (Å²) in [7, 11) is 0. The molecule has 7 nitrogen and oxygen atoms in total. The van der Waals surface area contributed by atoms with Crippen LogP contribution in [0.5, 0.6) is 5.75 Å². The van der Waals surface area contributed by atoms with E-state index in [9.17, 15) is 0 Å². The highest BCUT2D eigenvalue weighted by Crippen LogP contribution is 2.25. The molecule has 0 aliphatic carbocycles. The summed E-state index contributed by atoms with van der Waals surface area (Å²) in [4.78, 5) is 8.26. The monoisotopic (exact) mass is 351 g/mol. The lowest BCUT2D eigenvalue weighted by atomic mass is 10.2. The predicted octanol–water partition coefficient (Wildman–Crippen LogP) is 2.44. The Kier molecular flexibility index (Phi) is 4.71. The minimum atomic E-state index is -0.195. The number of aliphatic hydroxyl groups excluding tert-OH is 1. The Bertz CT molecular complexity index is 787. The molecular formula is C14H11Cl2N5O2. The maximum absolute atomic E-state index is 8.97. The summed E-state index contributed by atoms with van der Waals surface area (Å²) in [5, 5.41) is 17.6. The Morgan fingerprint density at radius 1 is 1.13 bits per heavy atom. The first kappa shape index (κ1) is 15.7. The Labute approximate surface area is 141 Å². The SMILES string of the molecule is OCc1cn(-c2ncc(OCc3c(Cl)cccc3Cl)cn2)nn1. The summed E-state index contributed by atoms with van der Waals surface area (Å²) in [6, 6.07) is 5.26. The molecule has 0 radical (unpaired) electrons. The van der Waals surface area contributed by atoms with Gasteiger partial charge in [0.25, 0.3) is 5.95 Å². The number of aromatic nitrogens is 5. The molecule has 118 valence electrons. The van der Waals surface area contributed by atoms with Crippen molar-refractivity contribution in [1.82, 2.24) is 25.0 Å². The Hall–Kier alpha value is -2.22. The van der Waals surface area contributed by atoms with Crippen LogP contribution in [0.3, 0.4) is 0 Å². The fourth-order valence-electron chi connectivity index (χ4n) is 1.80. The van der Waals surface area contributed by atoms with Crippen LogP contribution in [0.4, 0.5) is 0 Å². The van der Waals surface area contributed by atoms with E-state index in [4.69, 9.17) is 33.0 Å². The molecule has 0 unspecified atom stereocenters. The average Bonchev–Trinajstić information content (AvgIpc) is 3.04. The van der Waals surface area contributed by atoms with Crippen molar-refractivity contribution < 1.29 is 9.84 Å². The third-order valence-electron chi connectivity index (χ3n) is 2.97. The van der Waals surface area contributed by atoms with Gasteiger partial charge in [0.2, 0.25) is 0 Å². The lowest BCUT2D eigenvalue weighted by Gasteiger charge is -2.09. The molecule has 23 heavy (non-hydrogen) atoms. The molecule has 2 heterocycles. The third-order valence-corrected chi connectivity index (χ3v) is 3.68. The van der Waals surface area contributed by atoms with E-state index >= 15 is 0 Å². The molecule has 0 saturated heterocycles. The normalized spacial score (nSPS) is 10.7. The summed E-state index contributed by atoms with van der Waals surface area (Å²) < 4.78 is 6.95. The molecular weight excluding hydrogens is 341 g/mol. The number of aliphatic hydroxyl groups is 1. The number of nitrogens with zero attached hydrogens (tertiary/aromatic N) is 5. The largest absolute Gasteiger partial charge is 0.486 e. The zero-order valence-corrected chi connectivity index (χ0v) is 13.2. The van der Waals surface area contributed by atoms with E-state index in [1.807, 2.05) is 0 Å². The number of rotatable bonds is 5. The molecule has 0 aliphatic rings. The second kappa shape index (κ2) is 6.91. The highest BCUT2D eigenvalue weighted by atomic mass is 35.5. The van der Waals surface area contributed by atoms with Gasteiger partial charge in [0.15, 0.2) is 5.75 Å². The second-order valence-electron chi connectivity index (χ2n) is 4.52. The van der Waals surface area contributed by atoms with Gasteiger partial charge in [-0.1, -0.05) is 34.5 Å². The van der Waals surface area contributed by atoms with Gasteiger partial charge in [-0.2, -0.15) is 4.68 Å². The molecule has 0 saturated carbocycles. The predicted molar refractivity (Wildman–Crippen MR) is 83.7 cm³/mol. The van der Waals surface area contributed by atoms with Crippen LogP contribution in [-0.2, 0) is 13.2 Å². The maximum atomic E-state index is 8.97. The van der Waals surface area contributed by atoms with Crippen LogP contribution >= 0.6 is 23.2 Å². The van der Waals surface area contributed by atoms with Crippen molar-refractivity contribution in [2.75, 3.05) is 0 Å². The summed E-state index contributed by atoms with van der Waals surface area (Å²) in [6.07, 6.45) is 4.56. The van der Waals surface area contributed by atoms with Gasteiger partial charge < -0.3 is 9.84 Å². The topological polar surface area (TPSA) is 86.0 Å². The molecule has 0 aliphatic heterocycles. The molecule has 2 aromatic heterocycles. The first-order valence-corrected chi connectivity index (χ1v) is 7.33. The van der Waals surface area contributed by atoms with E-state index in [-0.39, 0.29) is 13.2 Å². The molecule has 3 rings (SSSR count).